The Balaban J connectivity index is 1.50. The lowest BCUT2D eigenvalue weighted by molar-refractivity contribution is -0.142. The maximum Gasteiger partial charge on any atom is 0.247 e. The highest BCUT2D eigenvalue weighted by Crippen LogP contribution is 2.25. The van der Waals surface area contributed by atoms with Crippen molar-refractivity contribution >= 4 is 29.2 Å². The van der Waals surface area contributed by atoms with Crippen molar-refractivity contribution in [3.63, 3.8) is 0 Å². The highest BCUT2D eigenvalue weighted by atomic mass is 19.1. The molecule has 8 nitrogen and oxygen atoms in total. The van der Waals surface area contributed by atoms with Crippen molar-refractivity contribution in [1.82, 2.24) is 10.2 Å². The summed E-state index contributed by atoms with van der Waals surface area (Å²) in [4.78, 5) is 54.1. The van der Waals surface area contributed by atoms with E-state index in [0.29, 0.717) is 11.1 Å². The number of carbonyl (C=O) groups is 4. The van der Waals surface area contributed by atoms with Crippen LogP contribution in [0.3, 0.4) is 0 Å². The molecule has 3 aromatic rings. The van der Waals surface area contributed by atoms with E-state index in [4.69, 9.17) is 5.73 Å². The molecule has 1 aliphatic rings. The van der Waals surface area contributed by atoms with Crippen molar-refractivity contribution in [3.8, 4) is 0 Å². The minimum Gasteiger partial charge on any atom is -0.342 e. The first-order chi connectivity index (χ1) is 19.3. The SMILES string of the molecule is Cc1cccc(F)c1NC(=O)[C@H](CCN)NC(=O)[C@@H]1Cc2ccccc2CN1C(=O)CCC(=O)c1ccccc1. The number of carbonyl (C=O) groups excluding carboxylic acids is 4. The molecule has 0 spiro atoms. The van der Waals surface area contributed by atoms with Crippen molar-refractivity contribution in [2.75, 3.05) is 11.9 Å². The third-order valence-corrected chi connectivity index (χ3v) is 7.09. The first-order valence-corrected chi connectivity index (χ1v) is 13.3. The number of aryl methyl sites for hydroxylation is 1. The van der Waals surface area contributed by atoms with Crippen molar-refractivity contribution < 1.29 is 23.6 Å². The summed E-state index contributed by atoms with van der Waals surface area (Å²) in [6.07, 6.45) is 0.326. The van der Waals surface area contributed by atoms with Crippen LogP contribution >= 0.6 is 0 Å². The largest absolute Gasteiger partial charge is 0.342 e. The van der Waals surface area contributed by atoms with Gasteiger partial charge in [0.15, 0.2) is 5.78 Å². The predicted molar refractivity (Wildman–Crippen MR) is 150 cm³/mol. The van der Waals surface area contributed by atoms with Crippen LogP contribution in [-0.2, 0) is 27.3 Å². The third-order valence-electron chi connectivity index (χ3n) is 7.09. The molecular weight excluding hydrogens is 511 g/mol. The molecule has 1 aliphatic heterocycles. The molecule has 208 valence electrons. The van der Waals surface area contributed by atoms with Gasteiger partial charge in [0, 0.05) is 31.4 Å². The van der Waals surface area contributed by atoms with Crippen molar-refractivity contribution in [2.45, 2.75) is 51.2 Å². The first-order valence-electron chi connectivity index (χ1n) is 13.3. The number of Topliss-reactive ketones (excluding diaryl/α,β-unsaturated/α-hetero) is 1. The fourth-order valence-corrected chi connectivity index (χ4v) is 4.86. The van der Waals surface area contributed by atoms with E-state index in [1.807, 2.05) is 30.3 Å². The molecule has 0 unspecified atom stereocenters. The zero-order valence-electron chi connectivity index (χ0n) is 22.4. The summed E-state index contributed by atoms with van der Waals surface area (Å²) < 4.78 is 14.3. The summed E-state index contributed by atoms with van der Waals surface area (Å²) in [5.74, 6) is -2.20. The minimum atomic E-state index is -1.04. The van der Waals surface area contributed by atoms with Gasteiger partial charge in [-0.25, -0.2) is 4.39 Å². The maximum absolute atomic E-state index is 14.3. The number of anilines is 1. The molecule has 4 rings (SSSR count). The second-order valence-electron chi connectivity index (χ2n) is 9.86. The highest BCUT2D eigenvalue weighted by molar-refractivity contribution is 6.00. The summed E-state index contributed by atoms with van der Waals surface area (Å²) in [5.41, 5.74) is 8.67. The Morgan fingerprint density at radius 2 is 1.65 bits per heavy atom. The van der Waals surface area contributed by atoms with E-state index in [-0.39, 0.29) is 56.2 Å². The normalized spacial score (nSPS) is 15.1. The van der Waals surface area contributed by atoms with Crippen LogP contribution in [-0.4, -0.2) is 47.0 Å². The minimum absolute atomic E-state index is 0.00945. The quantitative estimate of drug-likeness (QED) is 0.337. The molecule has 0 fully saturated rings. The molecule has 0 saturated heterocycles. The van der Waals surface area contributed by atoms with Crippen LogP contribution < -0.4 is 16.4 Å². The molecule has 40 heavy (non-hydrogen) atoms. The summed E-state index contributed by atoms with van der Waals surface area (Å²) in [6.45, 7) is 1.97. The zero-order valence-corrected chi connectivity index (χ0v) is 22.4. The van der Waals surface area contributed by atoms with Gasteiger partial charge in [-0.15, -0.1) is 0 Å². The Labute approximate surface area is 232 Å². The van der Waals surface area contributed by atoms with Gasteiger partial charge in [0.25, 0.3) is 0 Å². The van der Waals surface area contributed by atoms with Crippen molar-refractivity contribution in [3.05, 3.63) is 101 Å². The monoisotopic (exact) mass is 544 g/mol. The van der Waals surface area contributed by atoms with Crippen LogP contribution in [0.15, 0.2) is 72.8 Å². The van der Waals surface area contributed by atoms with Crippen LogP contribution in [0.5, 0.6) is 0 Å². The molecule has 9 heteroatoms. The highest BCUT2D eigenvalue weighted by Gasteiger charge is 2.36. The second-order valence-corrected chi connectivity index (χ2v) is 9.86. The zero-order chi connectivity index (χ0) is 28.6. The van der Waals surface area contributed by atoms with Gasteiger partial charge in [-0.3, -0.25) is 19.2 Å². The Bertz CT molecular complexity index is 1370. The number of rotatable bonds is 10. The maximum atomic E-state index is 14.3. The van der Waals surface area contributed by atoms with E-state index < -0.39 is 29.7 Å². The number of nitrogens with one attached hydrogen (secondary N) is 2. The molecule has 3 amide bonds. The van der Waals surface area contributed by atoms with E-state index in [9.17, 15) is 23.6 Å². The number of nitrogens with two attached hydrogens (primary N) is 1. The standard InChI is InChI=1S/C31H33FN4O4/c1-20-8-7-13-24(32)29(20)35-30(39)25(16-17-33)34-31(40)26-18-22-11-5-6-12-23(22)19-36(26)28(38)15-14-27(37)21-9-3-2-4-10-21/h2-13,25-26H,14-19,33H2,1H3,(H,34,40)(H,35,39)/t25-,26-/m0/s1. The summed E-state index contributed by atoms with van der Waals surface area (Å²) in [5, 5.41) is 5.31. The summed E-state index contributed by atoms with van der Waals surface area (Å²) in [7, 11) is 0. The fourth-order valence-electron chi connectivity index (χ4n) is 4.86. The molecule has 0 saturated carbocycles. The Kier molecular flexibility index (Phi) is 9.39. The van der Waals surface area contributed by atoms with Gasteiger partial charge >= 0.3 is 0 Å². The van der Waals surface area contributed by atoms with Crippen LogP contribution in [0.25, 0.3) is 0 Å². The van der Waals surface area contributed by atoms with Crippen molar-refractivity contribution in [2.24, 2.45) is 5.73 Å². The molecule has 0 aromatic heterocycles. The summed E-state index contributed by atoms with van der Waals surface area (Å²) in [6, 6.07) is 18.8. The van der Waals surface area contributed by atoms with Gasteiger partial charge in [0.05, 0.1) is 5.69 Å². The van der Waals surface area contributed by atoms with Crippen LogP contribution in [0.4, 0.5) is 10.1 Å². The molecule has 0 bridgehead atoms. The second kappa shape index (κ2) is 13.1. The molecule has 0 radical (unpaired) electrons. The predicted octanol–water partition coefficient (Wildman–Crippen LogP) is 3.52. The average Bonchev–Trinajstić information content (AvgIpc) is 2.97. The van der Waals surface area contributed by atoms with Crippen LogP contribution in [0.1, 0.15) is 46.3 Å². The Hall–Kier alpha value is -4.37. The lowest BCUT2D eigenvalue weighted by Crippen LogP contribution is -2.56. The van der Waals surface area contributed by atoms with E-state index in [2.05, 4.69) is 10.6 Å². The Morgan fingerprint density at radius 3 is 2.35 bits per heavy atom. The number of halogens is 1. The van der Waals surface area contributed by atoms with Crippen LogP contribution in [0.2, 0.25) is 0 Å². The van der Waals surface area contributed by atoms with Crippen molar-refractivity contribution in [1.29, 1.82) is 0 Å². The van der Waals surface area contributed by atoms with E-state index >= 15 is 0 Å². The molecule has 4 N–H and O–H groups in total. The number of para-hydroxylation sites is 1. The van der Waals surface area contributed by atoms with E-state index in [0.717, 1.165) is 11.1 Å². The average molecular weight is 545 g/mol. The van der Waals surface area contributed by atoms with Gasteiger partial charge in [-0.2, -0.15) is 0 Å². The van der Waals surface area contributed by atoms with E-state index in [1.165, 1.54) is 11.0 Å². The third kappa shape index (κ3) is 6.79. The van der Waals surface area contributed by atoms with Gasteiger partial charge in [0.1, 0.15) is 17.9 Å². The Morgan fingerprint density at radius 1 is 0.950 bits per heavy atom. The number of hydrogen-bond donors (Lipinski definition) is 3. The number of nitrogens with zero attached hydrogens (tertiary/aromatic N) is 1. The smallest absolute Gasteiger partial charge is 0.247 e. The van der Waals surface area contributed by atoms with Crippen LogP contribution in [0, 0.1) is 12.7 Å². The fraction of sp³-hybridized carbons (Fsp3) is 0.290. The lowest BCUT2D eigenvalue weighted by atomic mass is 9.92. The van der Waals surface area contributed by atoms with Gasteiger partial charge in [-0.1, -0.05) is 66.7 Å². The number of amides is 3. The van der Waals surface area contributed by atoms with Gasteiger partial charge in [-0.05, 0) is 42.6 Å². The number of benzene rings is 3. The molecule has 0 aliphatic carbocycles. The first kappa shape index (κ1) is 28.6. The topological polar surface area (TPSA) is 122 Å². The molecule has 2 atom stereocenters. The molecule has 1 heterocycles. The van der Waals surface area contributed by atoms with Gasteiger partial charge < -0.3 is 21.3 Å². The number of hydrogen-bond acceptors (Lipinski definition) is 5. The number of ketones is 1. The lowest BCUT2D eigenvalue weighted by Gasteiger charge is -2.36. The molecular formula is C31H33FN4O4. The molecule has 3 aromatic carbocycles. The summed E-state index contributed by atoms with van der Waals surface area (Å²) >= 11 is 0. The number of fused-ring (bicyclic) bond motifs is 1. The van der Waals surface area contributed by atoms with E-state index in [1.54, 1.807) is 43.3 Å². The van der Waals surface area contributed by atoms with Gasteiger partial charge in [0.2, 0.25) is 17.7 Å².